The zero-order chi connectivity index (χ0) is 22.7. The van der Waals surface area contributed by atoms with Crippen LogP contribution in [0.25, 0.3) is 6.08 Å². The summed E-state index contributed by atoms with van der Waals surface area (Å²) in [6, 6.07) is 11.7. The van der Waals surface area contributed by atoms with Crippen molar-refractivity contribution >= 4 is 27.7 Å². The zero-order valence-electron chi connectivity index (χ0n) is 18.2. The first-order valence-electron chi connectivity index (χ1n) is 9.63. The van der Waals surface area contributed by atoms with E-state index in [2.05, 4.69) is 42.9 Å². The van der Waals surface area contributed by atoms with Crippen LogP contribution in [0.2, 0.25) is 0 Å². The molecule has 1 amide bonds. The van der Waals surface area contributed by atoms with Crippen molar-refractivity contribution < 1.29 is 17.6 Å². The Labute approximate surface area is 178 Å². The van der Waals surface area contributed by atoms with E-state index in [1.54, 1.807) is 26.0 Å². The Kier molecular flexibility index (Phi) is 7.08. The first kappa shape index (κ1) is 23.6. The standard InChI is InChI=1S/C23H29FN2O3S/c1-15(13-17-7-10-19(11-8-17)23(3,4)5)22(27)25-16(2)18-9-12-21(20(24)14-18)26-30(6,28)29/h7-14,16,26H,1-6H3,(H,25,27)/b15-13+. The summed E-state index contributed by atoms with van der Waals surface area (Å²) in [5, 5.41) is 2.83. The quantitative estimate of drug-likeness (QED) is 0.646. The lowest BCUT2D eigenvalue weighted by Gasteiger charge is -2.19. The minimum absolute atomic E-state index is 0.0613. The van der Waals surface area contributed by atoms with Gasteiger partial charge in [-0.2, -0.15) is 0 Å². The van der Waals surface area contributed by atoms with Gasteiger partial charge in [0.2, 0.25) is 15.9 Å². The first-order valence-corrected chi connectivity index (χ1v) is 11.5. The average Bonchev–Trinajstić information content (AvgIpc) is 2.61. The summed E-state index contributed by atoms with van der Waals surface area (Å²) in [4.78, 5) is 12.5. The Balaban J connectivity index is 2.09. The lowest BCUT2D eigenvalue weighted by atomic mass is 9.86. The summed E-state index contributed by atoms with van der Waals surface area (Å²) in [5.41, 5.74) is 3.13. The molecule has 0 aromatic heterocycles. The monoisotopic (exact) mass is 432 g/mol. The van der Waals surface area contributed by atoms with Gasteiger partial charge in [0.1, 0.15) is 5.82 Å². The molecule has 2 rings (SSSR count). The number of hydrogen-bond donors (Lipinski definition) is 2. The van der Waals surface area contributed by atoms with Crippen LogP contribution in [0.15, 0.2) is 48.0 Å². The van der Waals surface area contributed by atoms with Gasteiger partial charge in [-0.25, -0.2) is 12.8 Å². The summed E-state index contributed by atoms with van der Waals surface area (Å²) >= 11 is 0. The maximum absolute atomic E-state index is 14.2. The van der Waals surface area contributed by atoms with E-state index in [0.29, 0.717) is 11.1 Å². The molecule has 162 valence electrons. The molecule has 30 heavy (non-hydrogen) atoms. The van der Waals surface area contributed by atoms with Crippen LogP contribution in [0.4, 0.5) is 10.1 Å². The SMILES string of the molecule is C/C(=C\c1ccc(C(C)(C)C)cc1)C(=O)NC(C)c1ccc(NS(C)(=O)=O)c(F)c1. The van der Waals surface area contributed by atoms with Crippen molar-refractivity contribution in [1.82, 2.24) is 5.32 Å². The van der Waals surface area contributed by atoms with Crippen molar-refractivity contribution in [2.75, 3.05) is 11.0 Å². The third-order valence-corrected chi connectivity index (χ3v) is 5.24. The normalized spacial score (nSPS) is 13.6. The number of amides is 1. The Bertz CT molecular complexity index is 1050. The van der Waals surface area contributed by atoms with Crippen LogP contribution in [0, 0.1) is 5.82 Å². The van der Waals surface area contributed by atoms with Crippen molar-refractivity contribution in [3.8, 4) is 0 Å². The Morgan fingerprint density at radius 1 is 1.10 bits per heavy atom. The molecule has 7 heteroatoms. The molecule has 0 radical (unpaired) electrons. The third-order valence-electron chi connectivity index (χ3n) is 4.65. The van der Waals surface area contributed by atoms with Gasteiger partial charge in [-0.15, -0.1) is 0 Å². The molecular weight excluding hydrogens is 403 g/mol. The fourth-order valence-electron chi connectivity index (χ4n) is 2.87. The maximum atomic E-state index is 14.2. The number of benzene rings is 2. The summed E-state index contributed by atoms with van der Waals surface area (Å²) in [5.74, 6) is -0.966. The Morgan fingerprint density at radius 2 is 1.70 bits per heavy atom. The average molecular weight is 433 g/mol. The van der Waals surface area contributed by atoms with Crippen LogP contribution in [-0.2, 0) is 20.2 Å². The number of halogens is 1. The van der Waals surface area contributed by atoms with Crippen molar-refractivity contribution in [3.05, 3.63) is 70.5 Å². The molecule has 0 bridgehead atoms. The predicted molar refractivity (Wildman–Crippen MR) is 120 cm³/mol. The molecule has 0 spiro atoms. The van der Waals surface area contributed by atoms with Crippen molar-refractivity contribution in [3.63, 3.8) is 0 Å². The van der Waals surface area contributed by atoms with Gasteiger partial charge in [-0.3, -0.25) is 9.52 Å². The fourth-order valence-corrected chi connectivity index (χ4v) is 3.44. The minimum atomic E-state index is -3.57. The number of carbonyl (C=O) groups is 1. The second kappa shape index (κ2) is 9.00. The second-order valence-electron chi connectivity index (χ2n) is 8.51. The van der Waals surface area contributed by atoms with Crippen LogP contribution in [0.1, 0.15) is 57.4 Å². The largest absolute Gasteiger partial charge is 0.346 e. The van der Waals surface area contributed by atoms with Gasteiger partial charge in [0.25, 0.3) is 0 Å². The number of nitrogens with one attached hydrogen (secondary N) is 2. The van der Waals surface area contributed by atoms with Crippen LogP contribution in [0.3, 0.4) is 0 Å². The number of sulfonamides is 1. The van der Waals surface area contributed by atoms with Gasteiger partial charge in [-0.1, -0.05) is 51.1 Å². The summed E-state index contributed by atoms with van der Waals surface area (Å²) in [7, 11) is -3.57. The van der Waals surface area contributed by atoms with Gasteiger partial charge < -0.3 is 5.32 Å². The van der Waals surface area contributed by atoms with E-state index in [4.69, 9.17) is 0 Å². The lowest BCUT2D eigenvalue weighted by molar-refractivity contribution is -0.118. The molecule has 5 nitrogen and oxygen atoms in total. The zero-order valence-corrected chi connectivity index (χ0v) is 19.0. The van der Waals surface area contributed by atoms with Crippen molar-refractivity contribution in [2.24, 2.45) is 0 Å². The van der Waals surface area contributed by atoms with Crippen LogP contribution >= 0.6 is 0 Å². The highest BCUT2D eigenvalue weighted by Crippen LogP contribution is 2.23. The second-order valence-corrected chi connectivity index (χ2v) is 10.3. The van der Waals surface area contributed by atoms with Gasteiger partial charge in [-0.05, 0) is 54.2 Å². The van der Waals surface area contributed by atoms with Crippen LogP contribution in [-0.4, -0.2) is 20.6 Å². The molecule has 0 aliphatic rings. The third kappa shape index (κ3) is 6.69. The minimum Gasteiger partial charge on any atom is -0.346 e. The molecule has 0 heterocycles. The highest BCUT2D eigenvalue weighted by atomic mass is 32.2. The van der Waals surface area contributed by atoms with Gasteiger partial charge in [0, 0.05) is 5.57 Å². The van der Waals surface area contributed by atoms with Gasteiger partial charge in [0.15, 0.2) is 0 Å². The fraction of sp³-hybridized carbons (Fsp3) is 0.348. The molecule has 1 unspecified atom stereocenters. The van der Waals surface area contributed by atoms with E-state index < -0.39 is 21.9 Å². The molecule has 2 aromatic rings. The molecule has 0 saturated heterocycles. The number of carbonyl (C=O) groups excluding carboxylic acids is 1. The van der Waals surface area contributed by atoms with E-state index in [0.717, 1.165) is 11.8 Å². The molecule has 1 atom stereocenters. The van der Waals surface area contributed by atoms with E-state index in [9.17, 15) is 17.6 Å². The smallest absolute Gasteiger partial charge is 0.247 e. The van der Waals surface area contributed by atoms with E-state index in [-0.39, 0.29) is 17.0 Å². The molecule has 0 fully saturated rings. The lowest BCUT2D eigenvalue weighted by Crippen LogP contribution is -2.27. The molecule has 0 aliphatic heterocycles. The Hall–Kier alpha value is -2.67. The Morgan fingerprint density at radius 3 is 2.20 bits per heavy atom. The molecule has 0 saturated carbocycles. The van der Waals surface area contributed by atoms with Crippen molar-refractivity contribution in [1.29, 1.82) is 0 Å². The summed E-state index contributed by atoms with van der Waals surface area (Å²) < 4.78 is 38.8. The number of anilines is 1. The molecular formula is C23H29FN2O3S. The highest BCUT2D eigenvalue weighted by molar-refractivity contribution is 7.92. The maximum Gasteiger partial charge on any atom is 0.247 e. The number of hydrogen-bond acceptors (Lipinski definition) is 3. The van der Waals surface area contributed by atoms with Gasteiger partial charge >= 0.3 is 0 Å². The van der Waals surface area contributed by atoms with E-state index >= 15 is 0 Å². The van der Waals surface area contributed by atoms with Crippen molar-refractivity contribution in [2.45, 2.75) is 46.1 Å². The first-order chi connectivity index (χ1) is 13.8. The molecule has 0 aliphatic carbocycles. The molecule has 2 N–H and O–H groups in total. The summed E-state index contributed by atoms with van der Waals surface area (Å²) in [6.07, 6.45) is 2.75. The van der Waals surface area contributed by atoms with Gasteiger partial charge in [0.05, 0.1) is 18.0 Å². The summed E-state index contributed by atoms with van der Waals surface area (Å²) in [6.45, 7) is 9.89. The van der Waals surface area contributed by atoms with E-state index in [1.807, 2.05) is 12.1 Å². The number of rotatable bonds is 6. The van der Waals surface area contributed by atoms with E-state index in [1.165, 1.54) is 17.7 Å². The highest BCUT2D eigenvalue weighted by Gasteiger charge is 2.15. The van der Waals surface area contributed by atoms with Crippen LogP contribution in [0.5, 0.6) is 0 Å². The molecule has 2 aromatic carbocycles. The predicted octanol–water partition coefficient (Wildman–Crippen LogP) is 4.78. The topological polar surface area (TPSA) is 75.3 Å². The van der Waals surface area contributed by atoms with Crippen LogP contribution < -0.4 is 10.0 Å².